The zero-order valence-electron chi connectivity index (χ0n) is 12.2. The summed E-state index contributed by atoms with van der Waals surface area (Å²) in [7, 11) is 0. The molecule has 3 rings (SSSR count). The molecule has 4 heteroatoms. The van der Waals surface area contributed by atoms with Gasteiger partial charge in [-0.1, -0.05) is 24.6 Å². The Morgan fingerprint density at radius 2 is 1.76 bits per heavy atom. The normalized spacial score (nSPS) is 28.0. The van der Waals surface area contributed by atoms with E-state index in [-0.39, 0.29) is 5.92 Å². The maximum atomic E-state index is 12.8. The molecule has 1 saturated heterocycles. The minimum absolute atomic E-state index is 0.284. The van der Waals surface area contributed by atoms with E-state index < -0.39 is 11.7 Å². The van der Waals surface area contributed by atoms with Crippen molar-refractivity contribution in [1.29, 1.82) is 0 Å². The highest BCUT2D eigenvalue weighted by Crippen LogP contribution is 2.38. The first kappa shape index (κ1) is 14.9. The maximum absolute atomic E-state index is 12.8. The average Bonchev–Trinajstić information content (AvgIpc) is 3.01. The van der Waals surface area contributed by atoms with Crippen LogP contribution in [0.25, 0.3) is 0 Å². The van der Waals surface area contributed by atoms with Gasteiger partial charge in [0.1, 0.15) is 0 Å². The zero-order valence-corrected chi connectivity index (χ0v) is 12.2. The number of alkyl halides is 3. The molecule has 2 aliphatic rings. The van der Waals surface area contributed by atoms with E-state index in [1.165, 1.54) is 44.5 Å². The van der Waals surface area contributed by atoms with Gasteiger partial charge in [-0.25, -0.2) is 0 Å². The Morgan fingerprint density at radius 1 is 1.00 bits per heavy atom. The van der Waals surface area contributed by atoms with Gasteiger partial charge < -0.3 is 4.90 Å². The number of nitrogens with zero attached hydrogens (tertiary/aromatic N) is 1. The van der Waals surface area contributed by atoms with Crippen LogP contribution in [-0.4, -0.2) is 24.0 Å². The van der Waals surface area contributed by atoms with Crippen LogP contribution in [-0.2, 0) is 6.18 Å². The number of hydrogen-bond donors (Lipinski definition) is 0. The van der Waals surface area contributed by atoms with Gasteiger partial charge in [-0.05, 0) is 62.7 Å². The van der Waals surface area contributed by atoms with Crippen molar-refractivity contribution in [3.63, 3.8) is 0 Å². The molecule has 2 fully saturated rings. The minimum atomic E-state index is -4.24. The summed E-state index contributed by atoms with van der Waals surface area (Å²) in [6.07, 6.45) is 2.67. The smallest absolute Gasteiger partial charge is 0.300 e. The van der Waals surface area contributed by atoms with Crippen LogP contribution in [0.4, 0.5) is 13.2 Å². The molecule has 0 aromatic heterocycles. The van der Waals surface area contributed by atoms with Gasteiger partial charge in [-0.2, -0.15) is 13.2 Å². The van der Waals surface area contributed by atoms with E-state index in [1.54, 1.807) is 6.07 Å². The van der Waals surface area contributed by atoms with Gasteiger partial charge in [-0.3, -0.25) is 0 Å². The molecule has 0 bridgehead atoms. The topological polar surface area (TPSA) is 3.24 Å². The third-order valence-corrected chi connectivity index (χ3v) is 4.99. The molecular formula is C17H22F3N. The number of hydrogen-bond acceptors (Lipinski definition) is 1. The van der Waals surface area contributed by atoms with Gasteiger partial charge in [0.15, 0.2) is 0 Å². The largest absolute Gasteiger partial charge is 0.416 e. The Labute approximate surface area is 124 Å². The van der Waals surface area contributed by atoms with Crippen molar-refractivity contribution < 1.29 is 13.2 Å². The second kappa shape index (κ2) is 5.99. The fourth-order valence-electron chi connectivity index (χ4n) is 3.87. The van der Waals surface area contributed by atoms with Crippen molar-refractivity contribution >= 4 is 0 Å². The lowest BCUT2D eigenvalue weighted by Crippen LogP contribution is -2.36. The molecule has 1 nitrogen and oxygen atoms in total. The summed E-state index contributed by atoms with van der Waals surface area (Å²) in [4.78, 5) is 2.54. The van der Waals surface area contributed by atoms with Gasteiger partial charge in [0, 0.05) is 6.04 Å². The van der Waals surface area contributed by atoms with Crippen molar-refractivity contribution in [2.75, 3.05) is 13.1 Å². The Morgan fingerprint density at radius 3 is 2.48 bits per heavy atom. The van der Waals surface area contributed by atoms with E-state index in [0.717, 1.165) is 24.8 Å². The highest BCUT2D eigenvalue weighted by atomic mass is 19.4. The number of rotatable bonds is 2. The fraction of sp³-hybridized carbons (Fsp3) is 0.647. The van der Waals surface area contributed by atoms with E-state index >= 15 is 0 Å². The molecular weight excluding hydrogens is 275 g/mol. The SMILES string of the molecule is FC(F)(F)c1cccc(C2CCCC(N3CCCC3)C2)c1. The molecule has 1 aromatic carbocycles. The summed E-state index contributed by atoms with van der Waals surface area (Å²) in [5.74, 6) is 0.284. The van der Waals surface area contributed by atoms with Gasteiger partial charge in [0.2, 0.25) is 0 Å². The molecule has 21 heavy (non-hydrogen) atoms. The zero-order chi connectivity index (χ0) is 14.9. The van der Waals surface area contributed by atoms with Crippen LogP contribution in [0.3, 0.4) is 0 Å². The second-order valence-electron chi connectivity index (χ2n) is 6.38. The third-order valence-electron chi connectivity index (χ3n) is 4.99. The molecule has 1 aliphatic heterocycles. The van der Waals surface area contributed by atoms with Crippen LogP contribution in [0, 0.1) is 0 Å². The fourth-order valence-corrected chi connectivity index (χ4v) is 3.87. The summed E-state index contributed by atoms with van der Waals surface area (Å²) in [6.45, 7) is 2.33. The molecule has 1 aromatic rings. The van der Waals surface area contributed by atoms with Crippen LogP contribution in [0.15, 0.2) is 24.3 Å². The molecule has 2 atom stereocenters. The molecule has 0 spiro atoms. The van der Waals surface area contributed by atoms with Crippen molar-refractivity contribution in [3.8, 4) is 0 Å². The lowest BCUT2D eigenvalue weighted by Gasteiger charge is -2.35. The second-order valence-corrected chi connectivity index (χ2v) is 6.38. The molecule has 0 radical (unpaired) electrons. The molecule has 116 valence electrons. The van der Waals surface area contributed by atoms with Crippen LogP contribution in [0.1, 0.15) is 55.6 Å². The van der Waals surface area contributed by atoms with E-state index in [4.69, 9.17) is 0 Å². The number of likely N-dealkylation sites (tertiary alicyclic amines) is 1. The standard InChI is InChI=1S/C17H22F3N/c18-17(19,20)15-7-3-5-13(11-15)14-6-4-8-16(12-14)21-9-1-2-10-21/h3,5,7,11,14,16H,1-2,4,6,8-10,12H2. The van der Waals surface area contributed by atoms with Crippen molar-refractivity contribution in [3.05, 3.63) is 35.4 Å². The Bertz CT molecular complexity index is 477. The molecule has 1 saturated carbocycles. The number of benzene rings is 1. The summed E-state index contributed by atoms with van der Waals surface area (Å²) in [5, 5.41) is 0. The highest BCUT2D eigenvalue weighted by molar-refractivity contribution is 5.28. The van der Waals surface area contributed by atoms with Gasteiger partial charge in [0.25, 0.3) is 0 Å². The van der Waals surface area contributed by atoms with E-state index in [0.29, 0.717) is 6.04 Å². The first-order valence-corrected chi connectivity index (χ1v) is 7.95. The van der Waals surface area contributed by atoms with Crippen LogP contribution >= 0.6 is 0 Å². The van der Waals surface area contributed by atoms with Gasteiger partial charge in [-0.15, -0.1) is 0 Å². The minimum Gasteiger partial charge on any atom is -0.300 e. The van der Waals surface area contributed by atoms with E-state index in [9.17, 15) is 13.2 Å². The molecule has 1 aliphatic carbocycles. The monoisotopic (exact) mass is 297 g/mol. The highest BCUT2D eigenvalue weighted by Gasteiger charge is 2.33. The Balaban J connectivity index is 1.74. The van der Waals surface area contributed by atoms with E-state index in [1.807, 2.05) is 6.07 Å². The van der Waals surface area contributed by atoms with Gasteiger partial charge >= 0.3 is 6.18 Å². The predicted molar refractivity (Wildman–Crippen MR) is 77.2 cm³/mol. The molecule has 0 N–H and O–H groups in total. The first-order chi connectivity index (χ1) is 10.0. The summed E-state index contributed by atoms with van der Waals surface area (Å²) < 4.78 is 38.5. The maximum Gasteiger partial charge on any atom is 0.416 e. The van der Waals surface area contributed by atoms with Crippen LogP contribution in [0.5, 0.6) is 0 Å². The average molecular weight is 297 g/mol. The quantitative estimate of drug-likeness (QED) is 0.756. The molecule has 0 amide bonds. The predicted octanol–water partition coefficient (Wildman–Crippen LogP) is 4.83. The molecule has 2 unspecified atom stereocenters. The Hall–Kier alpha value is -1.03. The Kier molecular flexibility index (Phi) is 4.25. The lowest BCUT2D eigenvalue weighted by atomic mass is 9.80. The summed E-state index contributed by atoms with van der Waals surface area (Å²) >= 11 is 0. The van der Waals surface area contributed by atoms with Crippen LogP contribution < -0.4 is 0 Å². The van der Waals surface area contributed by atoms with Gasteiger partial charge in [0.05, 0.1) is 5.56 Å². The van der Waals surface area contributed by atoms with Crippen molar-refractivity contribution in [2.24, 2.45) is 0 Å². The van der Waals surface area contributed by atoms with Crippen molar-refractivity contribution in [1.82, 2.24) is 4.90 Å². The van der Waals surface area contributed by atoms with E-state index in [2.05, 4.69) is 4.90 Å². The third kappa shape index (κ3) is 3.42. The van der Waals surface area contributed by atoms with Crippen LogP contribution in [0.2, 0.25) is 0 Å². The summed E-state index contributed by atoms with van der Waals surface area (Å²) in [6, 6.07) is 6.52. The van der Waals surface area contributed by atoms with Crippen molar-refractivity contribution in [2.45, 2.75) is 56.7 Å². The number of halogens is 3. The molecule has 1 heterocycles. The lowest BCUT2D eigenvalue weighted by molar-refractivity contribution is -0.137. The summed E-state index contributed by atoms with van der Waals surface area (Å²) in [5.41, 5.74) is 0.358. The first-order valence-electron chi connectivity index (χ1n) is 7.95.